The van der Waals surface area contributed by atoms with Crippen molar-refractivity contribution in [1.29, 1.82) is 0 Å². The number of rotatable bonds is 2. The molecule has 2 rings (SSSR count). The van der Waals surface area contributed by atoms with Gasteiger partial charge < -0.3 is 5.32 Å². The van der Waals surface area contributed by atoms with E-state index in [0.717, 1.165) is 0 Å². The number of thioether (sulfide) groups is 1. The standard InChI is InChI=1S/C12H15ClN4O2S2/c1-12(2)9(16(14)11(20)21-12)17(19)10(18)15-8-5-3-7(13)4-6-8/h3-6,9,19H,14H2,1-2H3,(H,15,18). The molecule has 1 atom stereocenters. The highest BCUT2D eigenvalue weighted by molar-refractivity contribution is 8.24. The zero-order valence-electron chi connectivity index (χ0n) is 11.4. The van der Waals surface area contributed by atoms with Crippen molar-refractivity contribution in [3.63, 3.8) is 0 Å². The number of halogens is 1. The fourth-order valence-corrected chi connectivity index (χ4v) is 3.85. The van der Waals surface area contributed by atoms with Crippen molar-refractivity contribution >= 4 is 51.6 Å². The van der Waals surface area contributed by atoms with Gasteiger partial charge in [0.2, 0.25) is 0 Å². The van der Waals surface area contributed by atoms with Gasteiger partial charge in [-0.25, -0.2) is 10.6 Å². The number of benzene rings is 1. The van der Waals surface area contributed by atoms with E-state index in [4.69, 9.17) is 29.7 Å². The van der Waals surface area contributed by atoms with Crippen molar-refractivity contribution < 1.29 is 10.0 Å². The summed E-state index contributed by atoms with van der Waals surface area (Å²) in [4.78, 5) is 12.1. The maximum absolute atomic E-state index is 12.1. The van der Waals surface area contributed by atoms with E-state index in [9.17, 15) is 10.0 Å². The van der Waals surface area contributed by atoms with Gasteiger partial charge in [-0.3, -0.25) is 10.2 Å². The van der Waals surface area contributed by atoms with Crippen LogP contribution >= 0.6 is 35.6 Å². The molecule has 9 heteroatoms. The predicted molar refractivity (Wildman–Crippen MR) is 88.2 cm³/mol. The smallest absolute Gasteiger partial charge is 0.306 e. The van der Waals surface area contributed by atoms with Gasteiger partial charge in [0.05, 0.1) is 4.75 Å². The summed E-state index contributed by atoms with van der Waals surface area (Å²) in [6.45, 7) is 3.70. The zero-order chi connectivity index (χ0) is 15.8. The van der Waals surface area contributed by atoms with E-state index in [2.05, 4.69) is 5.32 Å². The van der Waals surface area contributed by atoms with Crippen molar-refractivity contribution in [2.75, 3.05) is 5.32 Å². The van der Waals surface area contributed by atoms with Crippen LogP contribution in [0, 0.1) is 0 Å². The Balaban J connectivity index is 2.12. The van der Waals surface area contributed by atoms with Crippen molar-refractivity contribution in [2.24, 2.45) is 5.84 Å². The van der Waals surface area contributed by atoms with Crippen LogP contribution in [0.2, 0.25) is 5.02 Å². The summed E-state index contributed by atoms with van der Waals surface area (Å²) in [5, 5.41) is 15.0. The average Bonchev–Trinajstić information content (AvgIpc) is 2.60. The number of amides is 2. The molecule has 1 saturated heterocycles. The number of hydrazine groups is 1. The highest BCUT2D eigenvalue weighted by Crippen LogP contribution is 2.40. The van der Waals surface area contributed by atoms with Crippen LogP contribution in [0.25, 0.3) is 0 Å². The Kier molecular flexibility index (Phi) is 4.64. The number of hydrogen-bond donors (Lipinski definition) is 3. The third-order valence-corrected chi connectivity index (χ3v) is 4.82. The molecule has 2 amide bonds. The summed E-state index contributed by atoms with van der Waals surface area (Å²) < 4.78 is -0.110. The first-order chi connectivity index (χ1) is 9.72. The molecule has 1 aromatic carbocycles. The molecule has 1 unspecified atom stereocenters. The summed E-state index contributed by atoms with van der Waals surface area (Å²) >= 11 is 12.2. The summed E-state index contributed by atoms with van der Waals surface area (Å²) in [5.41, 5.74) is 0.512. The second-order valence-corrected chi connectivity index (χ2v) is 7.76. The minimum atomic E-state index is -0.762. The Hall–Kier alpha value is -1.06. The average molecular weight is 347 g/mol. The van der Waals surface area contributed by atoms with Gasteiger partial charge >= 0.3 is 6.03 Å². The van der Waals surface area contributed by atoms with E-state index < -0.39 is 16.9 Å². The van der Waals surface area contributed by atoms with Crippen LogP contribution in [0.3, 0.4) is 0 Å². The van der Waals surface area contributed by atoms with Crippen molar-refractivity contribution in [3.8, 4) is 0 Å². The third kappa shape index (κ3) is 3.41. The molecule has 0 radical (unpaired) electrons. The molecule has 1 aliphatic heterocycles. The highest BCUT2D eigenvalue weighted by Gasteiger charge is 2.48. The van der Waals surface area contributed by atoms with Gasteiger partial charge in [0.25, 0.3) is 0 Å². The normalized spacial score (nSPS) is 20.5. The second-order valence-electron chi connectivity index (χ2n) is 5.03. The Labute approximate surface area is 137 Å². The molecule has 0 aromatic heterocycles. The first kappa shape index (κ1) is 16.3. The molecule has 4 N–H and O–H groups in total. The van der Waals surface area contributed by atoms with Crippen LogP contribution in [-0.2, 0) is 0 Å². The lowest BCUT2D eigenvalue weighted by molar-refractivity contribution is -0.114. The molecule has 1 aliphatic rings. The Morgan fingerprint density at radius 3 is 2.57 bits per heavy atom. The number of hydroxylamine groups is 2. The maximum atomic E-state index is 12.1. The molecule has 0 bridgehead atoms. The minimum absolute atomic E-state index is 0.420. The Morgan fingerprint density at radius 2 is 2.10 bits per heavy atom. The first-order valence-corrected chi connectivity index (χ1v) is 7.64. The van der Waals surface area contributed by atoms with Crippen molar-refractivity contribution in [2.45, 2.75) is 24.8 Å². The lowest BCUT2D eigenvalue weighted by atomic mass is 10.1. The highest BCUT2D eigenvalue weighted by atomic mass is 35.5. The second kappa shape index (κ2) is 5.98. The molecule has 114 valence electrons. The zero-order valence-corrected chi connectivity index (χ0v) is 13.8. The molecule has 1 heterocycles. The molecule has 21 heavy (non-hydrogen) atoms. The summed E-state index contributed by atoms with van der Waals surface area (Å²) in [7, 11) is 0. The molecule has 0 spiro atoms. The van der Waals surface area contributed by atoms with E-state index in [-0.39, 0.29) is 0 Å². The predicted octanol–water partition coefficient (Wildman–Crippen LogP) is 2.88. The maximum Gasteiger partial charge on any atom is 0.347 e. The van der Waals surface area contributed by atoms with E-state index in [1.807, 2.05) is 13.8 Å². The number of carbonyl (C=O) groups is 1. The monoisotopic (exact) mass is 346 g/mol. The number of nitrogens with zero attached hydrogens (tertiary/aromatic N) is 2. The first-order valence-electron chi connectivity index (χ1n) is 6.04. The fourth-order valence-electron chi connectivity index (χ4n) is 2.00. The SMILES string of the molecule is CC1(C)SC(=S)N(N)C1N(O)C(=O)Nc1ccc(Cl)cc1. The largest absolute Gasteiger partial charge is 0.347 e. The number of urea groups is 1. The molecule has 1 aromatic rings. The van der Waals surface area contributed by atoms with Gasteiger partial charge in [0.15, 0.2) is 10.5 Å². The van der Waals surface area contributed by atoms with Gasteiger partial charge in [0, 0.05) is 10.7 Å². The number of hydrogen-bond acceptors (Lipinski definition) is 5. The lowest BCUT2D eigenvalue weighted by Crippen LogP contribution is -2.57. The molecule has 0 aliphatic carbocycles. The van der Waals surface area contributed by atoms with Crippen LogP contribution in [0.1, 0.15) is 13.8 Å². The lowest BCUT2D eigenvalue weighted by Gasteiger charge is -2.34. The van der Waals surface area contributed by atoms with Crippen LogP contribution in [-0.4, -0.2) is 36.5 Å². The van der Waals surface area contributed by atoms with Gasteiger partial charge in [-0.15, -0.1) is 0 Å². The molecular weight excluding hydrogens is 332 g/mol. The van der Waals surface area contributed by atoms with E-state index in [0.29, 0.717) is 20.1 Å². The van der Waals surface area contributed by atoms with E-state index in [1.165, 1.54) is 16.8 Å². The summed E-state index contributed by atoms with van der Waals surface area (Å²) in [6, 6.07) is 5.84. The number of thiocarbonyl (C=S) groups is 1. The quantitative estimate of drug-likeness (QED) is 0.330. The van der Waals surface area contributed by atoms with Gasteiger partial charge in [-0.1, -0.05) is 35.6 Å². The molecule has 0 saturated carbocycles. The number of nitrogens with two attached hydrogens (primary N) is 1. The van der Waals surface area contributed by atoms with E-state index >= 15 is 0 Å². The van der Waals surface area contributed by atoms with Gasteiger partial charge in [-0.05, 0) is 38.1 Å². The van der Waals surface area contributed by atoms with E-state index in [1.54, 1.807) is 24.3 Å². The number of carbonyl (C=O) groups excluding carboxylic acids is 1. The molecular formula is C12H15ClN4O2S2. The molecule has 1 fully saturated rings. The van der Waals surface area contributed by atoms with Gasteiger partial charge in [0.1, 0.15) is 0 Å². The Morgan fingerprint density at radius 1 is 1.52 bits per heavy atom. The summed E-state index contributed by atoms with van der Waals surface area (Å²) in [5.74, 6) is 5.82. The van der Waals surface area contributed by atoms with Crippen LogP contribution < -0.4 is 11.2 Å². The topological polar surface area (TPSA) is 81.8 Å². The molecule has 6 nitrogen and oxygen atoms in total. The number of anilines is 1. The number of nitrogens with one attached hydrogen (secondary N) is 1. The Bertz CT molecular complexity index is 567. The summed E-state index contributed by atoms with van der Waals surface area (Å²) in [6.07, 6.45) is -0.762. The van der Waals surface area contributed by atoms with Crippen molar-refractivity contribution in [1.82, 2.24) is 10.1 Å². The van der Waals surface area contributed by atoms with Crippen LogP contribution in [0.5, 0.6) is 0 Å². The third-order valence-electron chi connectivity index (χ3n) is 2.98. The van der Waals surface area contributed by atoms with Crippen molar-refractivity contribution in [3.05, 3.63) is 29.3 Å². The van der Waals surface area contributed by atoms with Crippen LogP contribution in [0.15, 0.2) is 24.3 Å². The minimum Gasteiger partial charge on any atom is -0.306 e. The van der Waals surface area contributed by atoms with Crippen LogP contribution in [0.4, 0.5) is 10.5 Å². The fraction of sp³-hybridized carbons (Fsp3) is 0.333. The van der Waals surface area contributed by atoms with Gasteiger partial charge in [-0.2, -0.15) is 5.06 Å².